The van der Waals surface area contributed by atoms with Crippen molar-refractivity contribution in [3.63, 3.8) is 0 Å². The molecular formula is C14H21N3O2. The molecule has 0 bridgehead atoms. The maximum Gasteiger partial charge on any atom is 0.292 e. The molecule has 19 heavy (non-hydrogen) atoms. The molecule has 0 amide bonds. The zero-order valence-electron chi connectivity index (χ0n) is 11.8. The van der Waals surface area contributed by atoms with Gasteiger partial charge in [-0.1, -0.05) is 0 Å². The summed E-state index contributed by atoms with van der Waals surface area (Å²) in [6.45, 7) is 3.62. The third-order valence-electron chi connectivity index (χ3n) is 2.68. The van der Waals surface area contributed by atoms with Gasteiger partial charge in [-0.3, -0.25) is 4.79 Å². The van der Waals surface area contributed by atoms with E-state index in [2.05, 4.69) is 11.0 Å². The molecule has 0 fully saturated rings. The number of pyridine rings is 1. The maximum absolute atomic E-state index is 12.1. The van der Waals surface area contributed by atoms with Crippen LogP contribution in [0.3, 0.4) is 0 Å². The molecule has 0 N–H and O–H groups in total. The summed E-state index contributed by atoms with van der Waals surface area (Å²) in [5.41, 5.74) is -0.172. The molecule has 1 aromatic heterocycles. The molecule has 1 atom stereocenters. The Kier molecular flexibility index (Phi) is 6.10. The van der Waals surface area contributed by atoms with Crippen molar-refractivity contribution in [1.29, 1.82) is 5.26 Å². The highest BCUT2D eigenvalue weighted by Crippen LogP contribution is 2.04. The summed E-state index contributed by atoms with van der Waals surface area (Å²) in [6, 6.07) is 5.56. The topological polar surface area (TPSA) is 58.3 Å². The van der Waals surface area contributed by atoms with Gasteiger partial charge in [-0.25, -0.2) is 0 Å². The minimum Gasteiger partial charge on any atom is -0.488 e. The molecule has 1 aromatic rings. The first-order chi connectivity index (χ1) is 9.04. The minimum absolute atomic E-state index is 0.172. The molecule has 5 heteroatoms. The first kappa shape index (κ1) is 15.3. The fourth-order valence-electron chi connectivity index (χ4n) is 1.67. The monoisotopic (exact) mass is 263 g/mol. The first-order valence-corrected chi connectivity index (χ1v) is 6.41. The molecular weight excluding hydrogens is 242 g/mol. The van der Waals surface area contributed by atoms with Crippen molar-refractivity contribution in [3.8, 4) is 11.8 Å². The summed E-state index contributed by atoms with van der Waals surface area (Å²) in [6.07, 6.45) is 2.55. The summed E-state index contributed by atoms with van der Waals surface area (Å²) >= 11 is 0. The second-order valence-electron chi connectivity index (χ2n) is 4.87. The second kappa shape index (κ2) is 7.59. The van der Waals surface area contributed by atoms with Crippen LogP contribution in [0.5, 0.6) is 5.75 Å². The van der Waals surface area contributed by atoms with Gasteiger partial charge in [0, 0.05) is 19.3 Å². The molecule has 0 saturated carbocycles. The van der Waals surface area contributed by atoms with Crippen molar-refractivity contribution in [2.45, 2.75) is 19.9 Å². The Hall–Kier alpha value is -1.80. The van der Waals surface area contributed by atoms with Crippen LogP contribution in [0.2, 0.25) is 0 Å². The molecule has 0 saturated heterocycles. The predicted octanol–water partition coefficient (Wildman–Crippen LogP) is 1.34. The minimum atomic E-state index is -0.193. The van der Waals surface area contributed by atoms with E-state index < -0.39 is 0 Å². The summed E-state index contributed by atoms with van der Waals surface area (Å²) in [7, 11) is 4.00. The van der Waals surface area contributed by atoms with E-state index in [-0.39, 0.29) is 11.5 Å². The molecule has 104 valence electrons. The molecule has 0 radical (unpaired) electrons. The highest BCUT2D eigenvalue weighted by atomic mass is 16.5. The molecule has 0 aliphatic heterocycles. The van der Waals surface area contributed by atoms with Gasteiger partial charge in [0.15, 0.2) is 5.75 Å². The Morgan fingerprint density at radius 2 is 2.26 bits per heavy atom. The molecule has 1 rings (SSSR count). The van der Waals surface area contributed by atoms with Crippen LogP contribution in [0.15, 0.2) is 23.1 Å². The fraction of sp³-hybridized carbons (Fsp3) is 0.571. The Balaban J connectivity index is 2.62. The van der Waals surface area contributed by atoms with Crippen LogP contribution in [-0.4, -0.2) is 36.7 Å². The van der Waals surface area contributed by atoms with Crippen molar-refractivity contribution < 1.29 is 4.74 Å². The summed E-state index contributed by atoms with van der Waals surface area (Å²) in [5.74, 6) is 0.160. The normalized spacial score (nSPS) is 12.2. The van der Waals surface area contributed by atoms with Crippen LogP contribution in [0.1, 0.15) is 13.3 Å². The lowest BCUT2D eigenvalue weighted by molar-refractivity contribution is 0.276. The lowest BCUT2D eigenvalue weighted by Gasteiger charge is -2.12. The van der Waals surface area contributed by atoms with Gasteiger partial charge >= 0.3 is 0 Å². The summed E-state index contributed by atoms with van der Waals surface area (Å²) < 4.78 is 7.02. The molecule has 0 aliphatic rings. The first-order valence-electron chi connectivity index (χ1n) is 6.41. The summed E-state index contributed by atoms with van der Waals surface area (Å²) in [5, 5.41) is 8.78. The smallest absolute Gasteiger partial charge is 0.292 e. The quantitative estimate of drug-likeness (QED) is 0.697. The molecule has 1 heterocycles. The van der Waals surface area contributed by atoms with Crippen LogP contribution in [0.25, 0.3) is 0 Å². The van der Waals surface area contributed by atoms with Crippen molar-refractivity contribution >= 4 is 0 Å². The van der Waals surface area contributed by atoms with Gasteiger partial charge in [0.05, 0.1) is 18.6 Å². The van der Waals surface area contributed by atoms with E-state index in [1.54, 1.807) is 25.3 Å². The van der Waals surface area contributed by atoms with Gasteiger partial charge in [-0.2, -0.15) is 5.26 Å². The lowest BCUT2D eigenvalue weighted by atomic mass is 10.2. The Morgan fingerprint density at radius 1 is 1.53 bits per heavy atom. The third kappa shape index (κ3) is 5.14. The van der Waals surface area contributed by atoms with E-state index in [9.17, 15) is 4.79 Å². The van der Waals surface area contributed by atoms with Crippen LogP contribution < -0.4 is 10.3 Å². The molecule has 0 spiro atoms. The van der Waals surface area contributed by atoms with E-state index >= 15 is 0 Å². The highest BCUT2D eigenvalue weighted by Gasteiger charge is 2.07. The number of hydrogen-bond donors (Lipinski definition) is 0. The largest absolute Gasteiger partial charge is 0.488 e. The number of nitriles is 1. The highest BCUT2D eigenvalue weighted by molar-refractivity contribution is 5.17. The Morgan fingerprint density at radius 3 is 2.89 bits per heavy atom. The van der Waals surface area contributed by atoms with Crippen LogP contribution in [0.4, 0.5) is 0 Å². The number of aromatic nitrogens is 1. The van der Waals surface area contributed by atoms with Gasteiger partial charge in [-0.15, -0.1) is 0 Å². The van der Waals surface area contributed by atoms with Crippen molar-refractivity contribution in [1.82, 2.24) is 9.47 Å². The number of hydrogen-bond acceptors (Lipinski definition) is 4. The average Bonchev–Trinajstić information content (AvgIpc) is 2.38. The molecule has 5 nitrogen and oxygen atoms in total. The van der Waals surface area contributed by atoms with Gasteiger partial charge in [0.1, 0.15) is 0 Å². The van der Waals surface area contributed by atoms with Crippen LogP contribution in [-0.2, 0) is 6.54 Å². The van der Waals surface area contributed by atoms with Crippen molar-refractivity contribution in [3.05, 3.63) is 28.7 Å². The fourth-order valence-corrected chi connectivity index (χ4v) is 1.67. The number of ether oxygens (including phenoxy) is 1. The lowest BCUT2D eigenvalue weighted by Crippen LogP contribution is -2.24. The zero-order chi connectivity index (χ0) is 14.3. The van der Waals surface area contributed by atoms with E-state index in [0.29, 0.717) is 18.9 Å². The molecule has 0 aromatic carbocycles. The average molecular weight is 263 g/mol. The molecule has 1 unspecified atom stereocenters. The maximum atomic E-state index is 12.1. The zero-order valence-corrected chi connectivity index (χ0v) is 11.8. The Labute approximate surface area is 114 Å². The van der Waals surface area contributed by atoms with E-state index in [0.717, 1.165) is 13.0 Å². The van der Waals surface area contributed by atoms with Crippen LogP contribution >= 0.6 is 0 Å². The van der Waals surface area contributed by atoms with Gasteiger partial charge in [-0.05, 0) is 39.6 Å². The SMILES string of the molecule is CC(C#N)Cn1cccc(OCCCN(C)C)c1=O. The second-order valence-corrected chi connectivity index (χ2v) is 4.87. The predicted molar refractivity (Wildman–Crippen MR) is 74.1 cm³/mol. The van der Waals surface area contributed by atoms with E-state index in [1.807, 2.05) is 14.1 Å². The van der Waals surface area contributed by atoms with Gasteiger partial charge in [0.2, 0.25) is 0 Å². The van der Waals surface area contributed by atoms with Gasteiger partial charge in [0.25, 0.3) is 5.56 Å². The number of rotatable bonds is 7. The number of nitrogens with zero attached hydrogens (tertiary/aromatic N) is 3. The molecule has 0 aliphatic carbocycles. The van der Waals surface area contributed by atoms with Crippen molar-refractivity contribution in [2.75, 3.05) is 27.2 Å². The summed E-state index contributed by atoms with van der Waals surface area (Å²) in [4.78, 5) is 14.1. The van der Waals surface area contributed by atoms with E-state index in [1.165, 1.54) is 4.57 Å². The van der Waals surface area contributed by atoms with Crippen molar-refractivity contribution in [2.24, 2.45) is 5.92 Å². The van der Waals surface area contributed by atoms with Gasteiger partial charge < -0.3 is 14.2 Å². The van der Waals surface area contributed by atoms with E-state index in [4.69, 9.17) is 10.00 Å². The standard InChI is InChI=1S/C14H21N3O2/c1-12(10-15)11-17-8-4-6-13(14(17)18)19-9-5-7-16(2)3/h4,6,8,12H,5,7,9,11H2,1-3H3. The van der Waals surface area contributed by atoms with Crippen LogP contribution in [0, 0.1) is 17.2 Å². The Bertz CT molecular complexity index is 488. The third-order valence-corrected chi connectivity index (χ3v) is 2.68.